The van der Waals surface area contributed by atoms with Crippen LogP contribution in [0.2, 0.25) is 0 Å². The molecule has 8 heteroatoms. The summed E-state index contributed by atoms with van der Waals surface area (Å²) in [6.07, 6.45) is 0.640. The van der Waals surface area contributed by atoms with Crippen LogP contribution in [0.5, 0.6) is 5.75 Å². The van der Waals surface area contributed by atoms with Crippen molar-refractivity contribution in [3.8, 4) is 5.75 Å². The number of benzene rings is 1. The predicted molar refractivity (Wildman–Crippen MR) is 78.0 cm³/mol. The van der Waals surface area contributed by atoms with Gasteiger partial charge in [0.15, 0.2) is 5.75 Å². The van der Waals surface area contributed by atoms with Crippen molar-refractivity contribution in [3.05, 3.63) is 34.4 Å². The molecule has 1 saturated heterocycles. The summed E-state index contributed by atoms with van der Waals surface area (Å²) in [5, 5.41) is 19.7. The number of carboxylic acid groups (broad SMARTS) is 1. The van der Waals surface area contributed by atoms with E-state index in [-0.39, 0.29) is 29.8 Å². The van der Waals surface area contributed by atoms with Gasteiger partial charge >= 0.3 is 11.7 Å². The summed E-state index contributed by atoms with van der Waals surface area (Å²) in [6, 6.07) is 6.22. The van der Waals surface area contributed by atoms with Gasteiger partial charge in [0.1, 0.15) is 6.61 Å². The van der Waals surface area contributed by atoms with E-state index >= 15 is 0 Å². The first-order chi connectivity index (χ1) is 9.58. The van der Waals surface area contributed by atoms with Crippen molar-refractivity contribution in [2.24, 2.45) is 5.92 Å². The van der Waals surface area contributed by atoms with E-state index in [4.69, 9.17) is 9.84 Å². The zero-order valence-corrected chi connectivity index (χ0v) is 12.1. The highest BCUT2D eigenvalue weighted by molar-refractivity contribution is 5.85. The van der Waals surface area contributed by atoms with Gasteiger partial charge in [0.2, 0.25) is 0 Å². The molecule has 0 aliphatic carbocycles. The molecular formula is C13H17ClN2O5. The SMILES string of the molecule is Cl.O=C(O)C1CCN(CCOc2ccccc2[N+](=O)[O-])C1. The molecule has 1 atom stereocenters. The Morgan fingerprint density at radius 1 is 1.48 bits per heavy atom. The molecular weight excluding hydrogens is 300 g/mol. The molecule has 0 aromatic heterocycles. The molecule has 1 aromatic rings. The molecule has 7 nitrogen and oxygen atoms in total. The Kier molecular flexibility index (Phi) is 6.39. The van der Waals surface area contributed by atoms with Crippen LogP contribution in [0.25, 0.3) is 0 Å². The Morgan fingerprint density at radius 2 is 2.19 bits per heavy atom. The van der Waals surface area contributed by atoms with Crippen molar-refractivity contribution in [1.29, 1.82) is 0 Å². The van der Waals surface area contributed by atoms with Crippen LogP contribution in [0.15, 0.2) is 24.3 Å². The first-order valence-electron chi connectivity index (χ1n) is 6.39. The van der Waals surface area contributed by atoms with Gasteiger partial charge in [-0.05, 0) is 19.0 Å². The van der Waals surface area contributed by atoms with Crippen molar-refractivity contribution >= 4 is 24.1 Å². The highest BCUT2D eigenvalue weighted by atomic mass is 35.5. The molecule has 1 aliphatic rings. The molecule has 0 spiro atoms. The number of carboxylic acids is 1. The van der Waals surface area contributed by atoms with Gasteiger partial charge in [-0.15, -0.1) is 12.4 Å². The van der Waals surface area contributed by atoms with E-state index in [0.29, 0.717) is 26.1 Å². The summed E-state index contributed by atoms with van der Waals surface area (Å²) in [4.78, 5) is 23.2. The van der Waals surface area contributed by atoms with E-state index < -0.39 is 10.9 Å². The summed E-state index contributed by atoms with van der Waals surface area (Å²) in [7, 11) is 0. The molecule has 1 aromatic carbocycles. The minimum atomic E-state index is -0.771. The largest absolute Gasteiger partial charge is 0.485 e. The third-order valence-electron chi connectivity index (χ3n) is 3.35. The van der Waals surface area contributed by atoms with Crippen LogP contribution in [0, 0.1) is 16.0 Å². The number of hydrogen-bond acceptors (Lipinski definition) is 5. The number of aliphatic carboxylic acids is 1. The molecule has 21 heavy (non-hydrogen) atoms. The van der Waals surface area contributed by atoms with Gasteiger partial charge in [0.25, 0.3) is 0 Å². The van der Waals surface area contributed by atoms with Gasteiger partial charge in [0.05, 0.1) is 10.8 Å². The quantitative estimate of drug-likeness (QED) is 0.635. The van der Waals surface area contributed by atoms with Gasteiger partial charge in [-0.25, -0.2) is 0 Å². The molecule has 1 N–H and O–H groups in total. The fourth-order valence-corrected chi connectivity index (χ4v) is 2.25. The first-order valence-corrected chi connectivity index (χ1v) is 6.39. The normalized spacial score (nSPS) is 18.0. The first kappa shape index (κ1) is 17.2. The minimum Gasteiger partial charge on any atom is -0.485 e. The number of hydrogen-bond donors (Lipinski definition) is 1. The number of rotatable bonds is 6. The van der Waals surface area contributed by atoms with E-state index in [2.05, 4.69) is 0 Å². The summed E-state index contributed by atoms with van der Waals surface area (Å²) in [5.74, 6) is -0.848. The smallest absolute Gasteiger partial charge is 0.310 e. The number of ether oxygens (including phenoxy) is 1. The average Bonchev–Trinajstić information content (AvgIpc) is 2.88. The van der Waals surface area contributed by atoms with E-state index in [1.807, 2.05) is 4.90 Å². The average molecular weight is 317 g/mol. The monoisotopic (exact) mass is 316 g/mol. The second kappa shape index (κ2) is 7.80. The number of nitrogens with zero attached hydrogens (tertiary/aromatic N) is 2. The molecule has 0 saturated carbocycles. The fourth-order valence-electron chi connectivity index (χ4n) is 2.25. The van der Waals surface area contributed by atoms with Crippen LogP contribution in [0.1, 0.15) is 6.42 Å². The highest BCUT2D eigenvalue weighted by Crippen LogP contribution is 2.25. The van der Waals surface area contributed by atoms with Crippen molar-refractivity contribution in [2.75, 3.05) is 26.2 Å². The number of para-hydroxylation sites is 2. The predicted octanol–water partition coefficient (Wildman–Crippen LogP) is 1.80. The van der Waals surface area contributed by atoms with Crippen molar-refractivity contribution in [3.63, 3.8) is 0 Å². The summed E-state index contributed by atoms with van der Waals surface area (Å²) in [6.45, 7) is 2.10. The van der Waals surface area contributed by atoms with Gasteiger partial charge in [-0.2, -0.15) is 0 Å². The van der Waals surface area contributed by atoms with Crippen LogP contribution in [0.3, 0.4) is 0 Å². The van der Waals surface area contributed by atoms with Gasteiger partial charge in [-0.1, -0.05) is 12.1 Å². The molecule has 0 bridgehead atoms. The van der Waals surface area contributed by atoms with Gasteiger partial charge < -0.3 is 9.84 Å². The van der Waals surface area contributed by atoms with Crippen molar-refractivity contribution < 1.29 is 19.6 Å². The topological polar surface area (TPSA) is 92.9 Å². The van der Waals surface area contributed by atoms with Crippen LogP contribution >= 0.6 is 12.4 Å². The molecule has 1 aliphatic heterocycles. The van der Waals surface area contributed by atoms with Crippen molar-refractivity contribution in [2.45, 2.75) is 6.42 Å². The number of carbonyl (C=O) groups is 1. The standard InChI is InChI=1S/C13H16N2O5.ClH/c16-13(17)10-5-6-14(9-10)7-8-20-12-4-2-1-3-11(12)15(18)19;/h1-4,10H,5-9H2,(H,16,17);1H. The minimum absolute atomic E-state index is 0. The maximum absolute atomic E-state index is 10.8. The molecule has 1 unspecified atom stereocenters. The van der Waals surface area contributed by atoms with E-state index in [1.165, 1.54) is 6.07 Å². The van der Waals surface area contributed by atoms with Gasteiger partial charge in [0, 0.05) is 19.2 Å². The lowest BCUT2D eigenvalue weighted by Crippen LogP contribution is -2.27. The van der Waals surface area contributed by atoms with Crippen LogP contribution in [-0.4, -0.2) is 47.1 Å². The van der Waals surface area contributed by atoms with E-state index in [9.17, 15) is 14.9 Å². The number of nitro benzene ring substituents is 1. The fraction of sp³-hybridized carbons (Fsp3) is 0.462. The lowest BCUT2D eigenvalue weighted by atomic mass is 10.1. The second-order valence-electron chi connectivity index (χ2n) is 4.70. The van der Waals surface area contributed by atoms with Crippen LogP contribution in [-0.2, 0) is 4.79 Å². The summed E-state index contributed by atoms with van der Waals surface area (Å²) < 4.78 is 5.43. The molecule has 116 valence electrons. The van der Waals surface area contributed by atoms with Crippen LogP contribution < -0.4 is 4.74 Å². The molecule has 1 fully saturated rings. The maximum atomic E-state index is 10.8. The Hall–Kier alpha value is -1.86. The molecule has 0 radical (unpaired) electrons. The van der Waals surface area contributed by atoms with E-state index in [0.717, 1.165) is 6.54 Å². The highest BCUT2D eigenvalue weighted by Gasteiger charge is 2.27. The van der Waals surface area contributed by atoms with Crippen LogP contribution in [0.4, 0.5) is 5.69 Å². The van der Waals surface area contributed by atoms with E-state index in [1.54, 1.807) is 18.2 Å². The molecule has 0 amide bonds. The summed E-state index contributed by atoms with van der Waals surface area (Å²) >= 11 is 0. The molecule has 1 heterocycles. The Labute approximate surface area is 128 Å². The molecule has 2 rings (SSSR count). The number of nitro groups is 1. The summed E-state index contributed by atoms with van der Waals surface area (Å²) in [5.41, 5.74) is -0.0580. The zero-order valence-electron chi connectivity index (χ0n) is 11.3. The van der Waals surface area contributed by atoms with Gasteiger partial charge in [-0.3, -0.25) is 19.8 Å². The number of halogens is 1. The second-order valence-corrected chi connectivity index (χ2v) is 4.70. The third-order valence-corrected chi connectivity index (χ3v) is 3.35. The maximum Gasteiger partial charge on any atom is 0.310 e. The van der Waals surface area contributed by atoms with Crippen molar-refractivity contribution in [1.82, 2.24) is 4.90 Å². The Bertz CT molecular complexity index is 511. The zero-order chi connectivity index (χ0) is 14.5. The number of likely N-dealkylation sites (tertiary alicyclic amines) is 1. The third kappa shape index (κ3) is 4.57. The lowest BCUT2D eigenvalue weighted by molar-refractivity contribution is -0.385. The Balaban J connectivity index is 0.00000220. The Morgan fingerprint density at radius 3 is 2.81 bits per heavy atom. The lowest BCUT2D eigenvalue weighted by Gasteiger charge is -2.15.